The first kappa shape index (κ1) is 15.4. The quantitative estimate of drug-likeness (QED) is 0.596. The van der Waals surface area contributed by atoms with E-state index >= 15 is 0 Å². The van der Waals surface area contributed by atoms with Gasteiger partial charge in [-0.25, -0.2) is 0 Å². The Labute approximate surface area is 145 Å². The van der Waals surface area contributed by atoms with Crippen LogP contribution in [0.2, 0.25) is 0 Å². The minimum atomic E-state index is -0.420. The number of hydrogen-bond acceptors (Lipinski definition) is 4. The molecule has 0 aliphatic carbocycles. The first-order valence-corrected chi connectivity index (χ1v) is 8.08. The summed E-state index contributed by atoms with van der Waals surface area (Å²) in [6.45, 7) is 0. The topological polar surface area (TPSA) is 61.3 Å². The maximum Gasteiger partial charge on any atom is 0.132 e. The largest absolute Gasteiger partial charge is 0.496 e. The lowest BCUT2D eigenvalue weighted by atomic mass is 9.97. The fourth-order valence-corrected chi connectivity index (χ4v) is 3.10. The average molecular weight is 330 g/mol. The van der Waals surface area contributed by atoms with Crippen molar-refractivity contribution in [2.24, 2.45) is 5.73 Å². The third-order valence-electron chi connectivity index (χ3n) is 4.40. The first-order valence-electron chi connectivity index (χ1n) is 8.08. The predicted octanol–water partition coefficient (Wildman–Crippen LogP) is 4.55. The molecule has 0 fully saturated rings. The SMILES string of the molecule is COc1ccc(-c2ccncc2)cc1C(N)c1occ2ccccc12. The minimum Gasteiger partial charge on any atom is -0.496 e. The van der Waals surface area contributed by atoms with E-state index in [-0.39, 0.29) is 0 Å². The van der Waals surface area contributed by atoms with Crippen molar-refractivity contribution < 1.29 is 9.15 Å². The summed E-state index contributed by atoms with van der Waals surface area (Å²) in [5, 5.41) is 2.06. The number of methoxy groups -OCH3 is 1. The van der Waals surface area contributed by atoms with Crippen molar-refractivity contribution in [3.63, 3.8) is 0 Å². The van der Waals surface area contributed by atoms with Gasteiger partial charge in [-0.2, -0.15) is 0 Å². The summed E-state index contributed by atoms with van der Waals surface area (Å²) in [7, 11) is 1.65. The normalized spacial score (nSPS) is 12.2. The lowest BCUT2D eigenvalue weighted by Gasteiger charge is -2.16. The van der Waals surface area contributed by atoms with E-state index in [4.69, 9.17) is 14.9 Å². The molecule has 0 saturated carbocycles. The maximum atomic E-state index is 6.56. The molecule has 0 radical (unpaired) electrons. The van der Waals surface area contributed by atoms with Crippen LogP contribution in [-0.4, -0.2) is 12.1 Å². The van der Waals surface area contributed by atoms with Gasteiger partial charge in [-0.1, -0.05) is 30.3 Å². The molecule has 2 N–H and O–H groups in total. The third kappa shape index (κ3) is 2.77. The van der Waals surface area contributed by atoms with Gasteiger partial charge < -0.3 is 14.9 Å². The molecular weight excluding hydrogens is 312 g/mol. The molecule has 2 aromatic heterocycles. The number of ether oxygens (including phenoxy) is 1. The number of benzene rings is 2. The zero-order chi connectivity index (χ0) is 17.2. The highest BCUT2D eigenvalue weighted by Gasteiger charge is 2.20. The monoisotopic (exact) mass is 330 g/mol. The van der Waals surface area contributed by atoms with E-state index in [1.807, 2.05) is 48.5 Å². The van der Waals surface area contributed by atoms with Crippen molar-refractivity contribution in [1.82, 2.24) is 4.98 Å². The van der Waals surface area contributed by atoms with E-state index < -0.39 is 6.04 Å². The van der Waals surface area contributed by atoms with Crippen LogP contribution >= 0.6 is 0 Å². The van der Waals surface area contributed by atoms with Gasteiger partial charge in [0.15, 0.2) is 0 Å². The fourth-order valence-electron chi connectivity index (χ4n) is 3.10. The van der Waals surface area contributed by atoms with Crippen molar-refractivity contribution >= 4 is 10.8 Å². The molecule has 25 heavy (non-hydrogen) atoms. The Morgan fingerprint density at radius 2 is 1.80 bits per heavy atom. The number of furan rings is 1. The Morgan fingerprint density at radius 3 is 2.60 bits per heavy atom. The number of nitrogens with zero attached hydrogens (tertiary/aromatic N) is 1. The van der Waals surface area contributed by atoms with E-state index in [1.54, 1.807) is 25.8 Å². The minimum absolute atomic E-state index is 0.420. The predicted molar refractivity (Wildman–Crippen MR) is 98.5 cm³/mol. The summed E-state index contributed by atoms with van der Waals surface area (Å²) in [6.07, 6.45) is 5.29. The average Bonchev–Trinajstić information content (AvgIpc) is 3.12. The standard InChI is InChI=1S/C21H18N2O2/c1-24-19-7-6-15(14-8-10-23-11-9-14)12-18(19)20(22)21-17-5-3-2-4-16(17)13-25-21/h2-13,20H,22H2,1H3. The molecule has 4 heteroatoms. The Bertz CT molecular complexity index is 1010. The number of nitrogens with two attached hydrogens (primary N) is 1. The number of rotatable bonds is 4. The van der Waals surface area contributed by atoms with Crippen LogP contribution in [-0.2, 0) is 0 Å². The molecule has 2 heterocycles. The van der Waals surface area contributed by atoms with Gasteiger partial charge in [0, 0.05) is 28.7 Å². The summed E-state index contributed by atoms with van der Waals surface area (Å²) in [5.41, 5.74) is 9.59. The molecule has 0 saturated heterocycles. The molecule has 124 valence electrons. The van der Waals surface area contributed by atoms with Gasteiger partial charge in [-0.15, -0.1) is 0 Å². The highest BCUT2D eigenvalue weighted by molar-refractivity contribution is 5.85. The van der Waals surface area contributed by atoms with Gasteiger partial charge in [0.25, 0.3) is 0 Å². The number of hydrogen-bond donors (Lipinski definition) is 1. The maximum absolute atomic E-state index is 6.56. The molecule has 1 atom stereocenters. The molecule has 0 aliphatic heterocycles. The van der Waals surface area contributed by atoms with Crippen molar-refractivity contribution in [1.29, 1.82) is 0 Å². The number of fused-ring (bicyclic) bond motifs is 1. The number of pyridine rings is 1. The van der Waals surface area contributed by atoms with E-state index in [9.17, 15) is 0 Å². The highest BCUT2D eigenvalue weighted by Crippen LogP contribution is 2.35. The van der Waals surface area contributed by atoms with Crippen LogP contribution in [0.5, 0.6) is 5.75 Å². The van der Waals surface area contributed by atoms with Crippen LogP contribution in [0.15, 0.2) is 77.7 Å². The van der Waals surface area contributed by atoms with E-state index in [1.165, 1.54) is 0 Å². The molecular formula is C21H18N2O2. The van der Waals surface area contributed by atoms with Crippen molar-refractivity contribution in [2.45, 2.75) is 6.04 Å². The molecule has 4 rings (SSSR count). The van der Waals surface area contributed by atoms with Gasteiger partial charge in [-0.3, -0.25) is 4.98 Å². The Balaban J connectivity index is 1.83. The molecule has 1 unspecified atom stereocenters. The molecule has 2 aromatic carbocycles. The fraction of sp³-hybridized carbons (Fsp3) is 0.0952. The second kappa shape index (κ2) is 6.42. The summed E-state index contributed by atoms with van der Waals surface area (Å²) in [4.78, 5) is 4.07. The Kier molecular flexibility index (Phi) is 3.96. The second-order valence-corrected chi connectivity index (χ2v) is 5.86. The summed E-state index contributed by atoms with van der Waals surface area (Å²) in [5.74, 6) is 1.48. The van der Waals surface area contributed by atoms with E-state index in [0.717, 1.165) is 39.0 Å². The second-order valence-electron chi connectivity index (χ2n) is 5.86. The van der Waals surface area contributed by atoms with Crippen LogP contribution in [0.1, 0.15) is 17.4 Å². The molecule has 0 bridgehead atoms. The van der Waals surface area contributed by atoms with E-state index in [2.05, 4.69) is 11.1 Å². The zero-order valence-electron chi connectivity index (χ0n) is 13.8. The molecule has 4 aromatic rings. The van der Waals surface area contributed by atoms with Gasteiger partial charge >= 0.3 is 0 Å². The summed E-state index contributed by atoms with van der Waals surface area (Å²) < 4.78 is 11.3. The van der Waals surface area contributed by atoms with Gasteiger partial charge in [0.1, 0.15) is 11.5 Å². The van der Waals surface area contributed by atoms with Crippen molar-refractivity contribution in [2.75, 3.05) is 7.11 Å². The molecule has 0 amide bonds. The van der Waals surface area contributed by atoms with Crippen LogP contribution in [0.3, 0.4) is 0 Å². The lowest BCUT2D eigenvalue weighted by molar-refractivity contribution is 0.403. The van der Waals surface area contributed by atoms with Gasteiger partial charge in [-0.05, 0) is 35.4 Å². The van der Waals surface area contributed by atoms with Crippen molar-refractivity contribution in [3.05, 3.63) is 84.6 Å². The Morgan fingerprint density at radius 1 is 1.00 bits per heavy atom. The van der Waals surface area contributed by atoms with Gasteiger partial charge in [0.05, 0.1) is 19.4 Å². The lowest BCUT2D eigenvalue weighted by Crippen LogP contribution is -2.12. The molecule has 0 aliphatic rings. The highest BCUT2D eigenvalue weighted by atomic mass is 16.5. The molecule has 0 spiro atoms. The summed E-state index contributed by atoms with van der Waals surface area (Å²) in [6, 6.07) is 17.5. The van der Waals surface area contributed by atoms with Crippen LogP contribution in [0.25, 0.3) is 21.9 Å². The zero-order valence-corrected chi connectivity index (χ0v) is 13.8. The van der Waals surface area contributed by atoms with E-state index in [0.29, 0.717) is 0 Å². The first-order chi connectivity index (χ1) is 12.3. The smallest absolute Gasteiger partial charge is 0.132 e. The van der Waals surface area contributed by atoms with Crippen LogP contribution in [0.4, 0.5) is 0 Å². The van der Waals surface area contributed by atoms with Crippen molar-refractivity contribution in [3.8, 4) is 16.9 Å². The van der Waals surface area contributed by atoms with Crippen LogP contribution in [0, 0.1) is 0 Å². The van der Waals surface area contributed by atoms with Gasteiger partial charge in [0.2, 0.25) is 0 Å². The number of aromatic nitrogens is 1. The Hall–Kier alpha value is -3.11. The molecule has 4 nitrogen and oxygen atoms in total. The third-order valence-corrected chi connectivity index (χ3v) is 4.40. The van der Waals surface area contributed by atoms with Crippen LogP contribution < -0.4 is 10.5 Å². The summed E-state index contributed by atoms with van der Waals surface area (Å²) >= 11 is 0.